The normalized spacial score (nSPS) is 29.8. The smallest absolute Gasteiger partial charge is 0.327 e. The molecule has 1 fully saturated rings. The van der Waals surface area contributed by atoms with E-state index in [-0.39, 0.29) is 24.4 Å². The Morgan fingerprint density at radius 1 is 1.35 bits per heavy atom. The molecular weight excluding hydrogens is 276 g/mol. The molecule has 0 spiro atoms. The van der Waals surface area contributed by atoms with E-state index in [1.807, 2.05) is 6.92 Å². The number of carbonyl (C=O) groups is 1. The van der Waals surface area contributed by atoms with E-state index in [0.717, 1.165) is 11.8 Å². The minimum Gasteiger partial charge on any atom is -0.465 e. The van der Waals surface area contributed by atoms with Gasteiger partial charge >= 0.3 is 5.97 Å². The predicted octanol–water partition coefficient (Wildman–Crippen LogP) is 2.74. The average molecular weight is 302 g/mol. The number of hydrogen-bond donors (Lipinski definition) is 0. The third kappa shape index (κ3) is 2.92. The molecule has 0 N–H and O–H groups in total. The molecule has 5 heteroatoms. The number of rotatable bonds is 4. The largest absolute Gasteiger partial charge is 0.465 e. The van der Waals surface area contributed by atoms with Crippen molar-refractivity contribution in [1.29, 1.82) is 0 Å². The second-order valence-electron chi connectivity index (χ2n) is 6.58. The van der Waals surface area contributed by atoms with Crippen LogP contribution in [0.2, 0.25) is 0 Å². The number of carbonyl (C=O) groups excluding carboxylic acids is 1. The van der Waals surface area contributed by atoms with E-state index < -0.39 is 20.6 Å². The van der Waals surface area contributed by atoms with Crippen LogP contribution < -0.4 is 0 Å². The Balaban J connectivity index is 3.29. The summed E-state index contributed by atoms with van der Waals surface area (Å²) in [5, 5.41) is 0. The van der Waals surface area contributed by atoms with Crippen LogP contribution in [0.4, 0.5) is 0 Å². The monoisotopic (exact) mass is 302 g/mol. The van der Waals surface area contributed by atoms with Gasteiger partial charge in [0.1, 0.15) is 0 Å². The minimum atomic E-state index is -3.54. The minimum absolute atomic E-state index is 0.00428. The predicted molar refractivity (Wildman–Crippen MR) is 80.1 cm³/mol. The fourth-order valence-corrected chi connectivity index (χ4v) is 4.49. The molecule has 0 saturated heterocycles. The number of sulfone groups is 1. The highest BCUT2D eigenvalue weighted by Gasteiger charge is 2.56. The van der Waals surface area contributed by atoms with Crippen molar-refractivity contribution in [3.8, 4) is 0 Å². The molecule has 4 nitrogen and oxygen atoms in total. The third-order valence-corrected chi connectivity index (χ3v) is 6.56. The van der Waals surface area contributed by atoms with Crippen LogP contribution in [0.5, 0.6) is 0 Å². The summed E-state index contributed by atoms with van der Waals surface area (Å²) in [7, 11) is -3.54. The molecule has 2 atom stereocenters. The molecule has 20 heavy (non-hydrogen) atoms. The van der Waals surface area contributed by atoms with Crippen LogP contribution in [-0.4, -0.2) is 32.0 Å². The van der Waals surface area contributed by atoms with Crippen molar-refractivity contribution >= 4 is 15.8 Å². The summed E-state index contributed by atoms with van der Waals surface area (Å²) in [6.45, 7) is 12.0. The van der Waals surface area contributed by atoms with Gasteiger partial charge in [0.05, 0.1) is 6.61 Å². The summed E-state index contributed by atoms with van der Waals surface area (Å²) in [6, 6.07) is 0. The Morgan fingerprint density at radius 2 is 1.90 bits per heavy atom. The molecule has 1 aliphatic rings. The second kappa shape index (κ2) is 5.51. The van der Waals surface area contributed by atoms with E-state index in [1.165, 1.54) is 0 Å². The Morgan fingerprint density at radius 3 is 2.30 bits per heavy atom. The maximum Gasteiger partial charge on any atom is 0.327 e. The van der Waals surface area contributed by atoms with Crippen LogP contribution in [0.3, 0.4) is 0 Å². The molecule has 116 valence electrons. The first kappa shape index (κ1) is 17.2. The fraction of sp³-hybridized carbons (Fsp3) is 0.800. The molecule has 0 aromatic heterocycles. The highest BCUT2D eigenvalue weighted by molar-refractivity contribution is 7.92. The first-order valence-corrected chi connectivity index (χ1v) is 8.89. The van der Waals surface area contributed by atoms with Crippen LogP contribution in [0, 0.1) is 11.3 Å². The zero-order valence-corrected chi connectivity index (χ0v) is 14.0. The van der Waals surface area contributed by atoms with Crippen LogP contribution in [0.25, 0.3) is 0 Å². The van der Waals surface area contributed by atoms with E-state index in [2.05, 4.69) is 20.4 Å². The van der Waals surface area contributed by atoms with E-state index in [9.17, 15) is 13.2 Å². The Bertz CT molecular complexity index is 504. The van der Waals surface area contributed by atoms with Gasteiger partial charge in [-0.2, -0.15) is 0 Å². The average Bonchev–Trinajstić information content (AvgIpc) is 2.26. The van der Waals surface area contributed by atoms with Crippen LogP contribution >= 0.6 is 0 Å². The third-order valence-electron chi connectivity index (χ3n) is 4.60. The maximum atomic E-state index is 12.3. The topological polar surface area (TPSA) is 60.4 Å². The Kier molecular flexibility index (Phi) is 4.74. The molecule has 0 heterocycles. The van der Waals surface area contributed by atoms with Gasteiger partial charge in [-0.1, -0.05) is 26.0 Å². The van der Waals surface area contributed by atoms with E-state index in [4.69, 9.17) is 4.74 Å². The van der Waals surface area contributed by atoms with Crippen LogP contribution in [-0.2, 0) is 19.4 Å². The van der Waals surface area contributed by atoms with Crippen molar-refractivity contribution in [2.75, 3.05) is 12.9 Å². The zero-order valence-electron chi connectivity index (χ0n) is 13.2. The first-order valence-electron chi connectivity index (χ1n) is 7.00. The Labute approximate surface area is 122 Å². The van der Waals surface area contributed by atoms with E-state index in [1.54, 1.807) is 6.92 Å². The SMILES string of the molecule is C=C(C)C1CC(C(=O)OCC)(S(C)(=O)=O)CCC1(C)C. The van der Waals surface area contributed by atoms with Crippen LogP contribution in [0.1, 0.15) is 47.0 Å². The lowest BCUT2D eigenvalue weighted by Crippen LogP contribution is -2.54. The lowest BCUT2D eigenvalue weighted by molar-refractivity contribution is -0.148. The summed E-state index contributed by atoms with van der Waals surface area (Å²) in [6.07, 6.45) is 2.39. The van der Waals surface area contributed by atoms with E-state index >= 15 is 0 Å². The number of allylic oxidation sites excluding steroid dienone is 1. The molecule has 0 bridgehead atoms. The summed E-state index contributed by atoms with van der Waals surface area (Å²) in [4.78, 5) is 12.3. The van der Waals surface area contributed by atoms with Gasteiger partial charge in [0.15, 0.2) is 14.6 Å². The molecule has 0 radical (unpaired) electrons. The zero-order chi connectivity index (χ0) is 15.8. The van der Waals surface area contributed by atoms with Gasteiger partial charge in [0, 0.05) is 6.26 Å². The number of esters is 1. The molecule has 1 saturated carbocycles. The maximum absolute atomic E-state index is 12.3. The van der Waals surface area contributed by atoms with Gasteiger partial charge < -0.3 is 4.74 Å². The highest BCUT2D eigenvalue weighted by atomic mass is 32.2. The Hall–Kier alpha value is -0.840. The molecule has 2 unspecified atom stereocenters. The van der Waals surface area contributed by atoms with Crippen molar-refractivity contribution < 1.29 is 17.9 Å². The summed E-state index contributed by atoms with van der Waals surface area (Å²) in [5.74, 6) is -0.611. The summed E-state index contributed by atoms with van der Waals surface area (Å²) < 4.78 is 28.2. The van der Waals surface area contributed by atoms with Gasteiger partial charge in [-0.3, -0.25) is 4.79 Å². The molecule has 0 aromatic carbocycles. The van der Waals surface area contributed by atoms with E-state index in [0.29, 0.717) is 12.8 Å². The quantitative estimate of drug-likeness (QED) is 0.592. The highest BCUT2D eigenvalue weighted by Crippen LogP contribution is 2.50. The van der Waals surface area contributed by atoms with Crippen molar-refractivity contribution in [3.63, 3.8) is 0 Å². The van der Waals surface area contributed by atoms with Crippen LogP contribution in [0.15, 0.2) is 12.2 Å². The van der Waals surface area contributed by atoms with Gasteiger partial charge in [-0.15, -0.1) is 0 Å². The number of hydrogen-bond acceptors (Lipinski definition) is 4. The number of ether oxygens (including phenoxy) is 1. The lowest BCUT2D eigenvalue weighted by atomic mass is 9.63. The van der Waals surface area contributed by atoms with Gasteiger partial charge in [-0.25, -0.2) is 8.42 Å². The lowest BCUT2D eigenvalue weighted by Gasteiger charge is -2.46. The molecule has 0 aliphatic heterocycles. The fourth-order valence-electron chi connectivity index (χ4n) is 3.18. The molecule has 0 aromatic rings. The summed E-state index contributed by atoms with van der Waals surface area (Å²) in [5.41, 5.74) is 0.874. The first-order chi connectivity index (χ1) is 8.98. The van der Waals surface area contributed by atoms with Crippen molar-refractivity contribution in [2.45, 2.75) is 51.7 Å². The second-order valence-corrected chi connectivity index (χ2v) is 8.90. The summed E-state index contributed by atoms with van der Waals surface area (Å²) >= 11 is 0. The molecule has 1 aliphatic carbocycles. The van der Waals surface area contributed by atoms with Gasteiger partial charge in [-0.05, 0) is 44.4 Å². The van der Waals surface area contributed by atoms with Gasteiger partial charge in [0.2, 0.25) is 0 Å². The molecule has 1 rings (SSSR count). The molecular formula is C15H26O4S. The van der Waals surface area contributed by atoms with Crippen molar-refractivity contribution in [3.05, 3.63) is 12.2 Å². The van der Waals surface area contributed by atoms with Crippen molar-refractivity contribution in [2.24, 2.45) is 11.3 Å². The van der Waals surface area contributed by atoms with Gasteiger partial charge in [0.25, 0.3) is 0 Å². The van der Waals surface area contributed by atoms with Crippen molar-refractivity contribution in [1.82, 2.24) is 0 Å². The molecule has 0 amide bonds. The standard InChI is InChI=1S/C15H26O4S/c1-7-19-13(16)15(20(6,17)18)9-8-14(4,5)12(10-15)11(2)3/h12H,2,7-10H2,1,3-6H3.